The Balaban J connectivity index is 0.00000144. The second-order valence-electron chi connectivity index (χ2n) is 3.24. The van der Waals surface area contributed by atoms with Crippen LogP contribution in [0.1, 0.15) is 30.9 Å². The minimum absolute atomic E-state index is 0. The van der Waals surface area contributed by atoms with E-state index in [1.807, 2.05) is 6.07 Å². The van der Waals surface area contributed by atoms with E-state index < -0.39 is 0 Å². The van der Waals surface area contributed by atoms with Crippen LogP contribution in [0, 0.1) is 6.92 Å². The third kappa shape index (κ3) is 3.89. The normalized spacial score (nSPS) is 9.38. The number of benzene rings is 1. The fourth-order valence-corrected chi connectivity index (χ4v) is 1.28. The Hall–Kier alpha value is -0.383. The Kier molecular flexibility index (Phi) is 5.95. The van der Waals surface area contributed by atoms with Crippen LogP contribution in [0.3, 0.4) is 0 Å². The topological polar surface area (TPSA) is 20.2 Å². The Morgan fingerprint density at radius 2 is 2.00 bits per heavy atom. The predicted octanol–water partition coefficient (Wildman–Crippen LogP) is 2.39. The summed E-state index contributed by atoms with van der Waals surface area (Å²) in [6.07, 6.45) is 3.31. The van der Waals surface area contributed by atoms with Gasteiger partial charge in [0.2, 0.25) is 0 Å². The molecule has 2 heteroatoms. The summed E-state index contributed by atoms with van der Waals surface area (Å²) < 4.78 is 0. The van der Waals surface area contributed by atoms with Gasteiger partial charge in [-0.05, 0) is 31.4 Å². The summed E-state index contributed by atoms with van der Waals surface area (Å²) in [4.78, 5) is 0. The Morgan fingerprint density at radius 1 is 1.31 bits per heavy atom. The summed E-state index contributed by atoms with van der Waals surface area (Å²) in [5.74, 6) is 0.439. The first kappa shape index (κ1) is 12.6. The van der Waals surface area contributed by atoms with E-state index in [4.69, 9.17) is 0 Å². The van der Waals surface area contributed by atoms with Crippen LogP contribution in [-0.4, -0.2) is 24.0 Å². The van der Waals surface area contributed by atoms with Gasteiger partial charge in [0.1, 0.15) is 5.75 Å². The van der Waals surface area contributed by atoms with Crippen LogP contribution < -0.4 is 0 Å². The van der Waals surface area contributed by atoms with Crippen molar-refractivity contribution in [2.45, 2.75) is 33.1 Å². The molecule has 0 aliphatic rings. The average molecular weight is 172 g/mol. The molecule has 0 aromatic heterocycles. The fraction of sp³-hybridized carbons (Fsp3) is 0.455. The van der Waals surface area contributed by atoms with Crippen LogP contribution >= 0.6 is 0 Å². The number of aryl methyl sites for hydroxylation is 2. The van der Waals surface area contributed by atoms with E-state index in [-0.39, 0.29) is 18.9 Å². The molecule has 1 N–H and O–H groups in total. The van der Waals surface area contributed by atoms with Crippen molar-refractivity contribution in [2.75, 3.05) is 0 Å². The molecule has 0 aliphatic carbocycles. The fourth-order valence-electron chi connectivity index (χ4n) is 1.28. The molecule has 1 rings (SSSR count). The maximum absolute atomic E-state index is 9.46. The van der Waals surface area contributed by atoms with Crippen LogP contribution in [0.4, 0.5) is 0 Å². The van der Waals surface area contributed by atoms with Gasteiger partial charge >= 0.3 is 18.9 Å². The molecular weight excluding hydrogens is 155 g/mol. The SMILES string of the molecule is CCCCc1cc(C)ccc1O.[LiH]. The molecule has 0 fully saturated rings. The number of hydrogen-bond donors (Lipinski definition) is 1. The number of phenols is 1. The molecule has 0 unspecified atom stereocenters. The Morgan fingerprint density at radius 3 is 2.62 bits per heavy atom. The second kappa shape index (κ2) is 6.13. The molecule has 0 heterocycles. The van der Waals surface area contributed by atoms with Crippen LogP contribution in [0.2, 0.25) is 0 Å². The monoisotopic (exact) mass is 172 g/mol. The van der Waals surface area contributed by atoms with Gasteiger partial charge in [0, 0.05) is 0 Å². The molecular formula is C11H17LiO. The van der Waals surface area contributed by atoms with Crippen LogP contribution in [0.25, 0.3) is 0 Å². The first-order chi connectivity index (χ1) is 5.74. The first-order valence-electron chi connectivity index (χ1n) is 4.52. The summed E-state index contributed by atoms with van der Waals surface area (Å²) in [7, 11) is 0. The average Bonchev–Trinajstić information content (AvgIpc) is 2.07. The van der Waals surface area contributed by atoms with Gasteiger partial charge < -0.3 is 5.11 Å². The van der Waals surface area contributed by atoms with Gasteiger partial charge in [-0.2, -0.15) is 0 Å². The van der Waals surface area contributed by atoms with Crippen molar-refractivity contribution in [3.8, 4) is 5.75 Å². The zero-order chi connectivity index (χ0) is 8.97. The van der Waals surface area contributed by atoms with Gasteiger partial charge in [0.25, 0.3) is 0 Å². The second-order valence-corrected chi connectivity index (χ2v) is 3.24. The van der Waals surface area contributed by atoms with Crippen LogP contribution in [0.15, 0.2) is 18.2 Å². The van der Waals surface area contributed by atoms with Crippen LogP contribution in [0.5, 0.6) is 5.75 Å². The minimum atomic E-state index is 0. The standard InChI is InChI=1S/C11H16O.Li.H/c1-3-4-5-10-8-9(2)6-7-11(10)12;;/h6-8,12H,3-5H2,1-2H3;;. The Labute approximate surface area is 92.3 Å². The van der Waals surface area contributed by atoms with Crippen molar-refractivity contribution in [3.05, 3.63) is 29.3 Å². The molecule has 68 valence electrons. The van der Waals surface area contributed by atoms with Gasteiger partial charge in [-0.25, -0.2) is 0 Å². The maximum atomic E-state index is 9.46. The summed E-state index contributed by atoms with van der Waals surface area (Å²) in [5, 5.41) is 9.46. The number of rotatable bonds is 3. The molecule has 0 radical (unpaired) electrons. The van der Waals surface area contributed by atoms with E-state index in [1.165, 1.54) is 12.0 Å². The summed E-state index contributed by atoms with van der Waals surface area (Å²) in [5.41, 5.74) is 2.30. The number of phenolic OH excluding ortho intramolecular Hbond substituents is 1. The first-order valence-corrected chi connectivity index (χ1v) is 4.52. The van der Waals surface area contributed by atoms with E-state index in [1.54, 1.807) is 6.07 Å². The van der Waals surface area contributed by atoms with E-state index in [9.17, 15) is 5.11 Å². The zero-order valence-electron chi connectivity index (χ0n) is 7.80. The number of hydrogen-bond acceptors (Lipinski definition) is 1. The van der Waals surface area contributed by atoms with Gasteiger partial charge in [0.15, 0.2) is 0 Å². The van der Waals surface area contributed by atoms with Crippen molar-refractivity contribution in [3.63, 3.8) is 0 Å². The third-order valence-corrected chi connectivity index (χ3v) is 2.03. The Bertz CT molecular complexity index is 258. The molecule has 0 spiro atoms. The zero-order valence-corrected chi connectivity index (χ0v) is 7.80. The van der Waals surface area contributed by atoms with Gasteiger partial charge in [-0.1, -0.05) is 31.0 Å². The quantitative estimate of drug-likeness (QED) is 0.694. The molecule has 1 nitrogen and oxygen atoms in total. The van der Waals surface area contributed by atoms with E-state index in [2.05, 4.69) is 19.9 Å². The van der Waals surface area contributed by atoms with Crippen LogP contribution in [-0.2, 0) is 6.42 Å². The van der Waals surface area contributed by atoms with Crippen molar-refractivity contribution in [1.29, 1.82) is 0 Å². The molecule has 13 heavy (non-hydrogen) atoms. The number of aromatic hydroxyl groups is 1. The molecule has 0 saturated carbocycles. The van der Waals surface area contributed by atoms with Crippen molar-refractivity contribution in [1.82, 2.24) is 0 Å². The van der Waals surface area contributed by atoms with E-state index in [0.717, 1.165) is 18.4 Å². The van der Waals surface area contributed by atoms with Gasteiger partial charge in [-0.3, -0.25) is 0 Å². The molecule has 1 aromatic carbocycles. The summed E-state index contributed by atoms with van der Waals surface area (Å²) >= 11 is 0. The van der Waals surface area contributed by atoms with E-state index >= 15 is 0 Å². The molecule has 0 atom stereocenters. The van der Waals surface area contributed by atoms with E-state index in [0.29, 0.717) is 5.75 Å². The van der Waals surface area contributed by atoms with Gasteiger partial charge in [-0.15, -0.1) is 0 Å². The molecule has 0 amide bonds. The number of unbranched alkanes of at least 4 members (excludes halogenated alkanes) is 1. The van der Waals surface area contributed by atoms with Crippen molar-refractivity contribution >= 4 is 18.9 Å². The summed E-state index contributed by atoms with van der Waals surface area (Å²) in [6, 6.07) is 5.77. The third-order valence-electron chi connectivity index (χ3n) is 2.03. The molecule has 0 bridgehead atoms. The van der Waals surface area contributed by atoms with Gasteiger partial charge in [0.05, 0.1) is 0 Å². The molecule has 1 aromatic rings. The molecule has 0 aliphatic heterocycles. The summed E-state index contributed by atoms with van der Waals surface area (Å²) in [6.45, 7) is 4.21. The van der Waals surface area contributed by atoms with Crippen molar-refractivity contribution < 1.29 is 5.11 Å². The van der Waals surface area contributed by atoms with Crippen molar-refractivity contribution in [2.24, 2.45) is 0 Å². The molecule has 0 saturated heterocycles. The predicted molar refractivity (Wildman–Crippen MR) is 58.6 cm³/mol.